The van der Waals surface area contributed by atoms with Gasteiger partial charge in [-0.15, -0.1) is 6.58 Å². The maximum atomic E-state index is 11.8. The monoisotopic (exact) mass is 490 g/mol. The SMILES string of the molecule is C=CCCCCCCCCCCCCCCCCCCCCC(O)(C[N+](C)(C)C)P(=O)(O)O. The van der Waals surface area contributed by atoms with E-state index < -0.39 is 12.9 Å². The zero-order valence-corrected chi connectivity index (χ0v) is 23.2. The molecule has 0 saturated heterocycles. The van der Waals surface area contributed by atoms with E-state index in [1.807, 2.05) is 27.2 Å². The molecule has 1 unspecified atom stereocenters. The fraction of sp³-hybridized carbons (Fsp3) is 0.926. The van der Waals surface area contributed by atoms with Gasteiger partial charge in [0.05, 0.1) is 21.1 Å². The van der Waals surface area contributed by atoms with Gasteiger partial charge in [-0.1, -0.05) is 109 Å². The Morgan fingerprint density at radius 2 is 0.970 bits per heavy atom. The van der Waals surface area contributed by atoms with Crippen molar-refractivity contribution in [3.63, 3.8) is 0 Å². The Hall–Kier alpha value is -0.190. The van der Waals surface area contributed by atoms with Crippen molar-refractivity contribution in [2.24, 2.45) is 0 Å². The van der Waals surface area contributed by atoms with Gasteiger partial charge in [-0.3, -0.25) is 4.57 Å². The molecule has 3 N–H and O–H groups in total. The molecule has 0 aliphatic heterocycles. The standard InChI is InChI=1S/C27H56NO4P/c1-5-6-7-8-9-10-11-12-13-14-15-16-17-18-19-20-21-22-23-24-25-27(29,33(30,31)32)26-28(2,3)4/h5,29H,1,6-26H2,2-4H3,(H-,30,31,32)/p+1. The first kappa shape index (κ1) is 32.8. The maximum Gasteiger partial charge on any atom is 0.362 e. The summed E-state index contributed by atoms with van der Waals surface area (Å²) in [6.07, 6.45) is 26.2. The predicted octanol–water partition coefficient (Wildman–Crippen LogP) is 7.55. The normalized spacial score (nSPS) is 14.4. The first-order valence-electron chi connectivity index (χ1n) is 13.7. The van der Waals surface area contributed by atoms with Crippen LogP contribution in [0.3, 0.4) is 0 Å². The highest BCUT2D eigenvalue weighted by Crippen LogP contribution is 2.52. The quantitative estimate of drug-likeness (QED) is 0.0565. The van der Waals surface area contributed by atoms with Crippen LogP contribution < -0.4 is 0 Å². The van der Waals surface area contributed by atoms with Crippen LogP contribution in [0.5, 0.6) is 0 Å². The van der Waals surface area contributed by atoms with Crippen LogP contribution in [-0.4, -0.2) is 52.4 Å². The Morgan fingerprint density at radius 1 is 0.667 bits per heavy atom. The van der Waals surface area contributed by atoms with E-state index in [9.17, 15) is 19.5 Å². The van der Waals surface area contributed by atoms with Gasteiger partial charge in [-0.05, 0) is 25.7 Å². The molecule has 0 radical (unpaired) electrons. The van der Waals surface area contributed by atoms with E-state index in [0.29, 0.717) is 10.9 Å². The Labute approximate surface area is 205 Å². The number of allylic oxidation sites excluding steroid dienone is 1. The molecule has 0 aromatic carbocycles. The van der Waals surface area contributed by atoms with Gasteiger partial charge < -0.3 is 19.4 Å². The predicted molar refractivity (Wildman–Crippen MR) is 142 cm³/mol. The average molecular weight is 491 g/mol. The molecule has 0 fully saturated rings. The van der Waals surface area contributed by atoms with E-state index in [1.165, 1.54) is 103 Å². The van der Waals surface area contributed by atoms with Crippen molar-refractivity contribution in [2.75, 3.05) is 27.7 Å². The van der Waals surface area contributed by atoms with Gasteiger partial charge in [-0.25, -0.2) is 0 Å². The second-order valence-corrected chi connectivity index (χ2v) is 13.1. The van der Waals surface area contributed by atoms with Crippen LogP contribution in [0.2, 0.25) is 0 Å². The number of hydrogen-bond donors (Lipinski definition) is 3. The number of hydrogen-bond acceptors (Lipinski definition) is 2. The van der Waals surface area contributed by atoms with Gasteiger partial charge >= 0.3 is 7.60 Å². The van der Waals surface area contributed by atoms with Gasteiger partial charge in [0.2, 0.25) is 5.34 Å². The third-order valence-corrected chi connectivity index (χ3v) is 7.95. The number of unbranched alkanes of at least 4 members (excludes halogenated alkanes) is 18. The minimum atomic E-state index is -4.54. The summed E-state index contributed by atoms with van der Waals surface area (Å²) in [5, 5.41) is 8.65. The summed E-state index contributed by atoms with van der Waals surface area (Å²) in [5.74, 6) is 0. The topological polar surface area (TPSA) is 77.8 Å². The lowest BCUT2D eigenvalue weighted by atomic mass is 10.0. The molecular formula is C27H57NO4P+. The Bertz CT molecular complexity index is 515. The van der Waals surface area contributed by atoms with Crippen molar-refractivity contribution in [3.05, 3.63) is 12.7 Å². The molecule has 0 aliphatic carbocycles. The minimum absolute atomic E-state index is 0.0632. The number of nitrogens with zero attached hydrogens (tertiary/aromatic N) is 1. The molecule has 0 bridgehead atoms. The molecule has 6 heteroatoms. The molecule has 1 atom stereocenters. The molecule has 33 heavy (non-hydrogen) atoms. The van der Waals surface area contributed by atoms with Crippen molar-refractivity contribution >= 4 is 7.60 Å². The van der Waals surface area contributed by atoms with Crippen LogP contribution in [0.1, 0.15) is 128 Å². The zero-order valence-electron chi connectivity index (χ0n) is 22.3. The number of quaternary nitrogens is 1. The van der Waals surface area contributed by atoms with Crippen LogP contribution in [0.4, 0.5) is 0 Å². The Morgan fingerprint density at radius 3 is 1.24 bits per heavy atom. The van der Waals surface area contributed by atoms with Crippen LogP contribution in [0.15, 0.2) is 12.7 Å². The van der Waals surface area contributed by atoms with E-state index >= 15 is 0 Å². The second-order valence-electron chi connectivity index (χ2n) is 11.2. The summed E-state index contributed by atoms with van der Waals surface area (Å²) in [6, 6.07) is 0. The van der Waals surface area contributed by atoms with Crippen molar-refractivity contribution in [1.82, 2.24) is 0 Å². The second kappa shape index (κ2) is 19.1. The summed E-state index contributed by atoms with van der Waals surface area (Å²) in [7, 11) is 0.987. The highest BCUT2D eigenvalue weighted by molar-refractivity contribution is 7.53. The van der Waals surface area contributed by atoms with Crippen molar-refractivity contribution in [2.45, 2.75) is 134 Å². The average Bonchev–Trinajstić information content (AvgIpc) is 2.70. The Balaban J connectivity index is 3.49. The lowest BCUT2D eigenvalue weighted by Crippen LogP contribution is -2.49. The number of likely N-dealkylation sites (N-methyl/N-ethyl adjacent to an activating group) is 1. The van der Waals surface area contributed by atoms with Gasteiger partial charge in [0.15, 0.2) is 0 Å². The molecule has 198 valence electrons. The molecule has 0 saturated carbocycles. The first-order valence-corrected chi connectivity index (χ1v) is 15.3. The highest BCUT2D eigenvalue weighted by Gasteiger charge is 2.48. The van der Waals surface area contributed by atoms with Crippen molar-refractivity contribution in [3.8, 4) is 0 Å². The third-order valence-electron chi connectivity index (χ3n) is 6.51. The molecule has 0 aliphatic rings. The van der Waals surface area contributed by atoms with Gasteiger partial charge in [0.25, 0.3) is 0 Å². The summed E-state index contributed by atoms with van der Waals surface area (Å²) >= 11 is 0. The minimum Gasteiger partial charge on any atom is -0.373 e. The van der Waals surface area contributed by atoms with Gasteiger partial charge in [0, 0.05) is 0 Å². The molecule has 0 heterocycles. The largest absolute Gasteiger partial charge is 0.373 e. The highest BCUT2D eigenvalue weighted by atomic mass is 31.2. The van der Waals surface area contributed by atoms with Crippen molar-refractivity contribution in [1.29, 1.82) is 0 Å². The maximum absolute atomic E-state index is 11.8. The zero-order chi connectivity index (χ0) is 25.1. The summed E-state index contributed by atoms with van der Waals surface area (Å²) in [4.78, 5) is 19.2. The van der Waals surface area contributed by atoms with Crippen molar-refractivity contribution < 1.29 is 23.9 Å². The fourth-order valence-electron chi connectivity index (χ4n) is 4.60. The van der Waals surface area contributed by atoms with Crippen LogP contribution >= 0.6 is 7.60 Å². The lowest BCUT2D eigenvalue weighted by molar-refractivity contribution is -0.875. The van der Waals surface area contributed by atoms with Gasteiger partial charge in [-0.2, -0.15) is 0 Å². The molecule has 0 aromatic heterocycles. The molecular weight excluding hydrogens is 433 g/mol. The van der Waals surface area contributed by atoms with E-state index in [2.05, 4.69) is 6.58 Å². The van der Waals surface area contributed by atoms with E-state index in [-0.39, 0.29) is 13.0 Å². The lowest BCUT2D eigenvalue weighted by Gasteiger charge is -2.35. The smallest absolute Gasteiger partial charge is 0.362 e. The number of aliphatic hydroxyl groups is 1. The summed E-state index contributed by atoms with van der Waals surface area (Å²) in [5.41, 5.74) is 0. The van der Waals surface area contributed by atoms with E-state index in [4.69, 9.17) is 0 Å². The third kappa shape index (κ3) is 19.8. The first-order chi connectivity index (χ1) is 15.5. The summed E-state index contributed by atoms with van der Waals surface area (Å²) < 4.78 is 12.1. The molecule has 0 spiro atoms. The van der Waals surface area contributed by atoms with E-state index in [1.54, 1.807) is 0 Å². The molecule has 0 aromatic rings. The van der Waals surface area contributed by atoms with E-state index in [0.717, 1.165) is 12.8 Å². The summed E-state index contributed by atoms with van der Waals surface area (Å²) in [6.45, 7) is 3.83. The van der Waals surface area contributed by atoms with Crippen LogP contribution in [-0.2, 0) is 4.57 Å². The fourth-order valence-corrected chi connectivity index (χ4v) is 5.66. The van der Waals surface area contributed by atoms with Gasteiger partial charge in [0.1, 0.15) is 6.54 Å². The molecule has 0 amide bonds. The molecule has 5 nitrogen and oxygen atoms in total. The number of rotatable bonds is 24. The Kier molecular flexibility index (Phi) is 18.9. The molecule has 0 rings (SSSR count). The van der Waals surface area contributed by atoms with Crippen LogP contribution in [0, 0.1) is 0 Å². The van der Waals surface area contributed by atoms with Crippen LogP contribution in [0.25, 0.3) is 0 Å².